The van der Waals surface area contributed by atoms with E-state index in [9.17, 15) is 0 Å². The van der Waals surface area contributed by atoms with Gasteiger partial charge in [0.1, 0.15) is 5.75 Å². The Morgan fingerprint density at radius 3 is 2.50 bits per heavy atom. The van der Waals surface area contributed by atoms with E-state index in [1.807, 2.05) is 26.0 Å². The Kier molecular flexibility index (Phi) is 2.60. The zero-order chi connectivity index (χ0) is 12.7. The fraction of sp³-hybridized carbons (Fsp3) is 0.250. The summed E-state index contributed by atoms with van der Waals surface area (Å²) < 4.78 is 5.73. The molecule has 18 heavy (non-hydrogen) atoms. The first-order valence-corrected chi connectivity index (χ1v) is 6.32. The number of rotatable bonds is 2. The van der Waals surface area contributed by atoms with E-state index in [0.717, 1.165) is 11.3 Å². The molecule has 1 atom stereocenters. The predicted octanol–water partition coefficient (Wildman–Crippen LogP) is 3.50. The second-order valence-electron chi connectivity index (χ2n) is 4.98. The van der Waals surface area contributed by atoms with E-state index in [-0.39, 0.29) is 12.1 Å². The minimum absolute atomic E-state index is 0.0353. The molecular weight excluding hydrogens is 222 g/mol. The SMILES string of the molecule is CC(C)Oc1ccc2c(c1)C(N)c1ccccc1-2. The highest BCUT2D eigenvalue weighted by Crippen LogP contribution is 2.43. The van der Waals surface area contributed by atoms with Crippen molar-refractivity contribution in [2.75, 3.05) is 0 Å². The van der Waals surface area contributed by atoms with Crippen molar-refractivity contribution in [2.45, 2.75) is 26.0 Å². The molecule has 0 fully saturated rings. The van der Waals surface area contributed by atoms with Crippen LogP contribution in [0, 0.1) is 0 Å². The number of nitrogens with two attached hydrogens (primary N) is 1. The van der Waals surface area contributed by atoms with E-state index in [1.165, 1.54) is 16.7 Å². The molecule has 2 N–H and O–H groups in total. The van der Waals surface area contributed by atoms with Crippen molar-refractivity contribution in [3.05, 3.63) is 53.6 Å². The highest BCUT2D eigenvalue weighted by Gasteiger charge is 2.25. The molecule has 0 aromatic heterocycles. The molecule has 0 amide bonds. The Morgan fingerprint density at radius 2 is 1.72 bits per heavy atom. The topological polar surface area (TPSA) is 35.2 Å². The summed E-state index contributed by atoms with van der Waals surface area (Å²) in [5.41, 5.74) is 11.1. The second kappa shape index (κ2) is 4.14. The minimum Gasteiger partial charge on any atom is -0.491 e. The lowest BCUT2D eigenvalue weighted by atomic mass is 10.1. The summed E-state index contributed by atoms with van der Waals surface area (Å²) in [6.45, 7) is 4.06. The average Bonchev–Trinajstić information content (AvgIpc) is 2.63. The van der Waals surface area contributed by atoms with Gasteiger partial charge in [0.2, 0.25) is 0 Å². The van der Waals surface area contributed by atoms with E-state index in [4.69, 9.17) is 10.5 Å². The predicted molar refractivity (Wildman–Crippen MR) is 73.7 cm³/mol. The molecule has 2 heteroatoms. The molecule has 0 bridgehead atoms. The van der Waals surface area contributed by atoms with E-state index in [0.29, 0.717) is 0 Å². The number of fused-ring (bicyclic) bond motifs is 3. The lowest BCUT2D eigenvalue weighted by Crippen LogP contribution is -2.09. The highest BCUT2D eigenvalue weighted by molar-refractivity contribution is 5.79. The van der Waals surface area contributed by atoms with E-state index < -0.39 is 0 Å². The lowest BCUT2D eigenvalue weighted by Gasteiger charge is -2.12. The largest absolute Gasteiger partial charge is 0.491 e. The molecule has 1 aliphatic carbocycles. The molecule has 0 saturated heterocycles. The summed E-state index contributed by atoms with van der Waals surface area (Å²) in [7, 11) is 0. The second-order valence-corrected chi connectivity index (χ2v) is 4.98. The molecule has 2 nitrogen and oxygen atoms in total. The third kappa shape index (κ3) is 1.70. The maximum Gasteiger partial charge on any atom is 0.120 e. The van der Waals surface area contributed by atoms with Gasteiger partial charge in [0.15, 0.2) is 0 Å². The number of ether oxygens (including phenoxy) is 1. The molecule has 0 heterocycles. The fourth-order valence-electron chi connectivity index (χ4n) is 2.57. The van der Waals surface area contributed by atoms with Gasteiger partial charge in [-0.25, -0.2) is 0 Å². The molecule has 0 radical (unpaired) electrons. The van der Waals surface area contributed by atoms with Gasteiger partial charge in [-0.2, -0.15) is 0 Å². The number of benzene rings is 2. The molecular formula is C16H17NO. The Morgan fingerprint density at radius 1 is 1.00 bits per heavy atom. The fourth-order valence-corrected chi connectivity index (χ4v) is 2.57. The van der Waals surface area contributed by atoms with Crippen molar-refractivity contribution in [2.24, 2.45) is 5.73 Å². The Bertz CT molecular complexity index is 589. The molecule has 92 valence electrons. The average molecular weight is 239 g/mol. The first-order chi connectivity index (χ1) is 8.66. The first-order valence-electron chi connectivity index (χ1n) is 6.32. The molecule has 0 spiro atoms. The van der Waals surface area contributed by atoms with Gasteiger partial charge in [-0.1, -0.05) is 30.3 Å². The molecule has 0 saturated carbocycles. The van der Waals surface area contributed by atoms with E-state index in [2.05, 4.69) is 30.3 Å². The van der Waals surface area contributed by atoms with Crippen LogP contribution >= 0.6 is 0 Å². The summed E-state index contributed by atoms with van der Waals surface area (Å²) in [4.78, 5) is 0. The summed E-state index contributed by atoms with van der Waals surface area (Å²) in [5, 5.41) is 0. The van der Waals surface area contributed by atoms with Crippen LogP contribution in [0.25, 0.3) is 11.1 Å². The van der Waals surface area contributed by atoms with E-state index in [1.54, 1.807) is 0 Å². The highest BCUT2D eigenvalue weighted by atomic mass is 16.5. The van der Waals surface area contributed by atoms with Crippen molar-refractivity contribution < 1.29 is 4.74 Å². The third-order valence-corrected chi connectivity index (χ3v) is 3.32. The van der Waals surface area contributed by atoms with Crippen molar-refractivity contribution in [3.8, 4) is 16.9 Å². The summed E-state index contributed by atoms with van der Waals surface area (Å²) in [6.07, 6.45) is 0.183. The molecule has 1 aliphatic rings. The quantitative estimate of drug-likeness (QED) is 0.870. The van der Waals surface area contributed by atoms with Crippen LogP contribution in [0.3, 0.4) is 0 Å². The molecule has 0 aliphatic heterocycles. The van der Waals surface area contributed by atoms with Gasteiger partial charge in [0.05, 0.1) is 12.1 Å². The third-order valence-electron chi connectivity index (χ3n) is 3.32. The van der Waals surface area contributed by atoms with Gasteiger partial charge >= 0.3 is 0 Å². The Balaban J connectivity index is 2.08. The van der Waals surface area contributed by atoms with Crippen molar-refractivity contribution in [1.29, 1.82) is 0 Å². The lowest BCUT2D eigenvalue weighted by molar-refractivity contribution is 0.242. The number of hydrogen-bond donors (Lipinski definition) is 1. The van der Waals surface area contributed by atoms with Gasteiger partial charge in [-0.3, -0.25) is 0 Å². The van der Waals surface area contributed by atoms with Crippen LogP contribution in [0.4, 0.5) is 0 Å². The monoisotopic (exact) mass is 239 g/mol. The van der Waals surface area contributed by atoms with Gasteiger partial charge in [-0.05, 0) is 48.2 Å². The summed E-state index contributed by atoms with van der Waals surface area (Å²) in [5.74, 6) is 0.895. The van der Waals surface area contributed by atoms with Crippen LogP contribution in [0.1, 0.15) is 31.0 Å². The Labute approximate surface area is 107 Å². The van der Waals surface area contributed by atoms with Crippen LogP contribution < -0.4 is 10.5 Å². The molecule has 2 aromatic rings. The standard InChI is InChI=1S/C16H17NO/c1-10(2)18-11-7-8-13-12-5-3-4-6-14(12)16(17)15(13)9-11/h3-10,16H,17H2,1-2H3. The van der Waals surface area contributed by atoms with Crippen LogP contribution in [0.5, 0.6) is 5.75 Å². The zero-order valence-electron chi connectivity index (χ0n) is 10.7. The smallest absolute Gasteiger partial charge is 0.120 e. The Hall–Kier alpha value is -1.80. The summed E-state index contributed by atoms with van der Waals surface area (Å²) >= 11 is 0. The first kappa shape index (κ1) is 11.3. The normalized spacial score (nSPS) is 16.6. The minimum atomic E-state index is -0.0353. The van der Waals surface area contributed by atoms with Gasteiger partial charge in [0, 0.05) is 0 Å². The number of hydrogen-bond acceptors (Lipinski definition) is 2. The van der Waals surface area contributed by atoms with Crippen LogP contribution in [-0.2, 0) is 0 Å². The van der Waals surface area contributed by atoms with Gasteiger partial charge in [-0.15, -0.1) is 0 Å². The molecule has 2 aromatic carbocycles. The van der Waals surface area contributed by atoms with E-state index >= 15 is 0 Å². The van der Waals surface area contributed by atoms with Gasteiger partial charge in [0.25, 0.3) is 0 Å². The molecule has 1 unspecified atom stereocenters. The van der Waals surface area contributed by atoms with Crippen molar-refractivity contribution in [1.82, 2.24) is 0 Å². The van der Waals surface area contributed by atoms with Crippen LogP contribution in [0.15, 0.2) is 42.5 Å². The van der Waals surface area contributed by atoms with Crippen LogP contribution in [0.2, 0.25) is 0 Å². The maximum absolute atomic E-state index is 6.30. The van der Waals surface area contributed by atoms with Crippen LogP contribution in [-0.4, -0.2) is 6.10 Å². The van der Waals surface area contributed by atoms with Crippen molar-refractivity contribution >= 4 is 0 Å². The zero-order valence-corrected chi connectivity index (χ0v) is 10.7. The summed E-state index contributed by atoms with van der Waals surface area (Å²) in [6, 6.07) is 14.5. The van der Waals surface area contributed by atoms with Gasteiger partial charge < -0.3 is 10.5 Å². The van der Waals surface area contributed by atoms with Crippen molar-refractivity contribution in [3.63, 3.8) is 0 Å². The molecule has 3 rings (SSSR count). The maximum atomic E-state index is 6.30.